The van der Waals surface area contributed by atoms with Crippen LogP contribution in [0.15, 0.2) is 22.8 Å². The fourth-order valence-electron chi connectivity index (χ4n) is 5.79. The molecular weight excluding hydrogens is 496 g/mol. The normalized spacial score (nSPS) is 35.2. The number of rotatable bonds is 7. The minimum absolute atomic E-state index is 0.0640. The lowest BCUT2D eigenvalue weighted by Gasteiger charge is -2.35. The molecule has 0 saturated carbocycles. The van der Waals surface area contributed by atoms with E-state index in [9.17, 15) is 20.0 Å². The van der Waals surface area contributed by atoms with Gasteiger partial charge in [0.25, 0.3) is 0 Å². The van der Waals surface area contributed by atoms with Gasteiger partial charge in [0.05, 0.1) is 18.9 Å². The number of aliphatic hydroxyl groups excluding tert-OH is 1. The smallest absolute Gasteiger partial charge is 0.374 e. The van der Waals surface area contributed by atoms with Crippen molar-refractivity contribution in [1.29, 1.82) is 5.26 Å². The van der Waals surface area contributed by atoms with E-state index >= 15 is 0 Å². The van der Waals surface area contributed by atoms with Gasteiger partial charge in [0, 0.05) is 25.0 Å². The molecule has 4 saturated heterocycles. The minimum atomic E-state index is -0.851. The molecule has 38 heavy (non-hydrogen) atoms. The van der Waals surface area contributed by atoms with E-state index in [-0.39, 0.29) is 36.3 Å². The van der Waals surface area contributed by atoms with Crippen LogP contribution in [-0.2, 0) is 23.7 Å². The fourth-order valence-corrected chi connectivity index (χ4v) is 5.79. The first-order chi connectivity index (χ1) is 18.1. The Morgan fingerprint density at radius 3 is 2.71 bits per heavy atom. The molecule has 1 amide bonds. The van der Waals surface area contributed by atoms with Gasteiger partial charge in [0.15, 0.2) is 18.1 Å². The van der Waals surface area contributed by atoms with Gasteiger partial charge in [0.2, 0.25) is 11.7 Å². The number of fused-ring (bicyclic) bond motifs is 1. The first-order valence-corrected chi connectivity index (χ1v) is 13.2. The summed E-state index contributed by atoms with van der Waals surface area (Å²) >= 11 is 0. The molecule has 12 nitrogen and oxygen atoms in total. The van der Waals surface area contributed by atoms with Crippen molar-refractivity contribution in [1.82, 2.24) is 15.1 Å². The second kappa shape index (κ2) is 10.9. The molecule has 4 aliphatic heterocycles. The molecule has 0 spiro atoms. The Balaban J connectivity index is 1.05. The van der Waals surface area contributed by atoms with Gasteiger partial charge in [-0.15, -0.1) is 0 Å². The molecule has 0 aromatic carbocycles. The van der Waals surface area contributed by atoms with Crippen molar-refractivity contribution in [2.45, 2.75) is 82.2 Å². The lowest BCUT2D eigenvalue weighted by Crippen LogP contribution is -2.50. The summed E-state index contributed by atoms with van der Waals surface area (Å²) in [6, 6.07) is 4.53. The number of nitriles is 1. The molecule has 7 atom stereocenters. The molecule has 2 unspecified atom stereocenters. The topological polar surface area (TPSA) is 147 Å². The predicted octanol–water partition coefficient (Wildman–Crippen LogP) is 0.467. The second-order valence-electron chi connectivity index (χ2n) is 11.0. The maximum absolute atomic E-state index is 13.0. The number of carbonyl (C=O) groups excluding carboxylic acids is 2. The zero-order chi connectivity index (χ0) is 27.0. The average Bonchev–Trinajstić information content (AvgIpc) is 3.65. The number of carbonyl (C=O) groups is 2. The van der Waals surface area contributed by atoms with Crippen LogP contribution in [0.2, 0.25) is 0 Å². The number of hydrogen-bond donors (Lipinski definition) is 2. The summed E-state index contributed by atoms with van der Waals surface area (Å²) in [7, 11) is 0. The molecule has 0 radical (unpaired) electrons. The summed E-state index contributed by atoms with van der Waals surface area (Å²) in [5.41, 5.74) is 0. The van der Waals surface area contributed by atoms with Gasteiger partial charge in [0.1, 0.15) is 24.4 Å². The van der Waals surface area contributed by atoms with Crippen LogP contribution in [0, 0.1) is 17.2 Å². The number of hydrogen-bond acceptors (Lipinski definition) is 11. The van der Waals surface area contributed by atoms with E-state index in [0.717, 1.165) is 25.9 Å². The average molecular weight is 533 g/mol. The molecular formula is C26H36N4O8. The van der Waals surface area contributed by atoms with Crippen molar-refractivity contribution in [3.8, 4) is 6.07 Å². The Morgan fingerprint density at radius 2 is 2.05 bits per heavy atom. The molecule has 0 bridgehead atoms. The summed E-state index contributed by atoms with van der Waals surface area (Å²) in [4.78, 5) is 29.1. The zero-order valence-corrected chi connectivity index (χ0v) is 21.9. The van der Waals surface area contributed by atoms with E-state index in [1.807, 2.05) is 6.92 Å². The molecule has 4 fully saturated rings. The molecule has 208 valence electrons. The van der Waals surface area contributed by atoms with E-state index in [1.165, 1.54) is 17.2 Å². The van der Waals surface area contributed by atoms with Gasteiger partial charge >= 0.3 is 5.97 Å². The van der Waals surface area contributed by atoms with Crippen molar-refractivity contribution in [2.24, 2.45) is 5.92 Å². The number of likely N-dealkylation sites (tertiary alicyclic amines) is 2. The standard InChI is InChI=1S/C26H36N4O8/c1-15-13-30(17(11-27)22(15)36-24(33)18-5-4-10-34-18)20(31)12-28-16-6-8-29(9-7-16)14-19-21(32)23-25(35-19)38-26(2,3)37-23/h4-5,10,15-17,19,21-23,25,28,32H,6-9,12-14H2,1-3H3/t15?,17-,19-,21+,22?,23-,25-/m1/s1. The maximum atomic E-state index is 13.0. The summed E-state index contributed by atoms with van der Waals surface area (Å²) < 4.78 is 28.0. The van der Waals surface area contributed by atoms with Gasteiger partial charge in [-0.1, -0.05) is 6.92 Å². The van der Waals surface area contributed by atoms with Gasteiger partial charge in [-0.05, 0) is 51.9 Å². The van der Waals surface area contributed by atoms with E-state index in [0.29, 0.717) is 13.1 Å². The van der Waals surface area contributed by atoms with Crippen LogP contribution < -0.4 is 5.32 Å². The van der Waals surface area contributed by atoms with Crippen LogP contribution in [0.4, 0.5) is 0 Å². The monoisotopic (exact) mass is 532 g/mol. The lowest BCUT2D eigenvalue weighted by atomic mass is 10.0. The third kappa shape index (κ3) is 5.59. The second-order valence-corrected chi connectivity index (χ2v) is 11.0. The summed E-state index contributed by atoms with van der Waals surface area (Å²) in [5, 5.41) is 23.7. The number of furan rings is 1. The molecule has 1 aromatic heterocycles. The fraction of sp³-hybridized carbons (Fsp3) is 0.731. The molecule has 2 N–H and O–H groups in total. The highest BCUT2D eigenvalue weighted by Crippen LogP contribution is 2.37. The Kier molecular flexibility index (Phi) is 7.77. The number of aliphatic hydroxyl groups is 1. The van der Waals surface area contributed by atoms with Crippen LogP contribution in [0.5, 0.6) is 0 Å². The first kappa shape index (κ1) is 27.1. The summed E-state index contributed by atoms with van der Waals surface area (Å²) in [5.74, 6) is -1.71. The Morgan fingerprint density at radius 1 is 1.29 bits per heavy atom. The molecule has 4 aliphatic rings. The first-order valence-electron chi connectivity index (χ1n) is 13.2. The van der Waals surface area contributed by atoms with Crippen LogP contribution in [0.25, 0.3) is 0 Å². The highest BCUT2D eigenvalue weighted by atomic mass is 16.8. The van der Waals surface area contributed by atoms with Gasteiger partial charge in [-0.25, -0.2) is 4.79 Å². The Hall–Kier alpha value is -2.53. The van der Waals surface area contributed by atoms with Crippen molar-refractivity contribution in [2.75, 3.05) is 32.7 Å². The molecule has 12 heteroatoms. The van der Waals surface area contributed by atoms with E-state index in [2.05, 4.69) is 16.3 Å². The van der Waals surface area contributed by atoms with Crippen LogP contribution in [0.1, 0.15) is 44.2 Å². The number of nitrogens with zero attached hydrogens (tertiary/aromatic N) is 3. The highest BCUT2D eigenvalue weighted by molar-refractivity contribution is 5.86. The largest absolute Gasteiger partial charge is 0.457 e. The number of amides is 1. The van der Waals surface area contributed by atoms with Gasteiger partial charge in [-0.2, -0.15) is 5.26 Å². The number of piperidine rings is 1. The predicted molar refractivity (Wildman–Crippen MR) is 130 cm³/mol. The highest BCUT2D eigenvalue weighted by Gasteiger charge is 2.54. The molecule has 5 heterocycles. The molecule has 1 aromatic rings. The van der Waals surface area contributed by atoms with Crippen molar-refractivity contribution >= 4 is 11.9 Å². The minimum Gasteiger partial charge on any atom is -0.457 e. The molecule has 5 rings (SSSR count). The van der Waals surface area contributed by atoms with Crippen LogP contribution in [0.3, 0.4) is 0 Å². The van der Waals surface area contributed by atoms with E-state index in [1.54, 1.807) is 19.9 Å². The van der Waals surface area contributed by atoms with Crippen LogP contribution in [-0.4, -0.2) is 108 Å². The number of nitrogens with one attached hydrogen (secondary N) is 1. The van der Waals surface area contributed by atoms with E-state index < -0.39 is 42.4 Å². The third-order valence-electron chi connectivity index (χ3n) is 7.79. The SMILES string of the molecule is CC1CN(C(=O)CNC2CCN(C[C@H]3O[C@@H]4OC(C)(C)O[C@@H]4[C@H]3O)CC2)[C@H](C#N)C1OC(=O)c1ccco1. The third-order valence-corrected chi connectivity index (χ3v) is 7.79. The van der Waals surface area contributed by atoms with Gasteiger partial charge in [-0.3, -0.25) is 4.79 Å². The van der Waals surface area contributed by atoms with E-state index in [4.69, 9.17) is 23.4 Å². The van der Waals surface area contributed by atoms with Crippen molar-refractivity contribution in [3.05, 3.63) is 24.2 Å². The number of esters is 1. The van der Waals surface area contributed by atoms with Crippen molar-refractivity contribution < 1.29 is 38.1 Å². The van der Waals surface area contributed by atoms with Crippen LogP contribution >= 0.6 is 0 Å². The quantitative estimate of drug-likeness (QED) is 0.472. The summed E-state index contributed by atoms with van der Waals surface area (Å²) in [6.07, 6.45) is 0.195. The lowest BCUT2D eigenvalue weighted by molar-refractivity contribution is -0.216. The molecule has 0 aliphatic carbocycles. The summed E-state index contributed by atoms with van der Waals surface area (Å²) in [6.45, 7) is 8.09. The van der Waals surface area contributed by atoms with Gasteiger partial charge < -0.3 is 43.6 Å². The Labute approximate surface area is 221 Å². The maximum Gasteiger partial charge on any atom is 0.374 e. The van der Waals surface area contributed by atoms with Crippen molar-refractivity contribution in [3.63, 3.8) is 0 Å². The number of ether oxygens (including phenoxy) is 4. The Bertz CT molecular complexity index is 1030. The zero-order valence-electron chi connectivity index (χ0n) is 21.9.